The Balaban J connectivity index is 1.62. The molecule has 1 fully saturated rings. The molecule has 0 aliphatic carbocycles. The number of carbonyl (C=O) groups excluding carboxylic acids is 2. The van der Waals surface area contributed by atoms with Crippen LogP contribution in [0.3, 0.4) is 0 Å². The quantitative estimate of drug-likeness (QED) is 0.386. The first-order valence-electron chi connectivity index (χ1n) is 13.0. The molecule has 188 valence electrons. The Morgan fingerprint density at radius 2 is 1.86 bits per heavy atom. The number of nitrogens with one attached hydrogen (secondary N) is 1. The van der Waals surface area contributed by atoms with E-state index in [-0.39, 0.29) is 11.8 Å². The van der Waals surface area contributed by atoms with Gasteiger partial charge in [0.15, 0.2) is 0 Å². The normalized spacial score (nSPS) is 14.9. The Morgan fingerprint density at radius 1 is 1.11 bits per heavy atom. The summed E-state index contributed by atoms with van der Waals surface area (Å²) in [6.45, 7) is 10.2. The van der Waals surface area contributed by atoms with Crippen LogP contribution < -0.4 is 5.32 Å². The second kappa shape index (κ2) is 11.4. The predicted octanol–water partition coefficient (Wildman–Crippen LogP) is 5.82. The molecule has 0 radical (unpaired) electrons. The molecule has 1 aliphatic rings. The fourth-order valence-corrected chi connectivity index (χ4v) is 5.84. The summed E-state index contributed by atoms with van der Waals surface area (Å²) in [6.07, 6.45) is 5.55. The maximum absolute atomic E-state index is 13.3. The van der Waals surface area contributed by atoms with Crippen LogP contribution in [-0.4, -0.2) is 45.4 Å². The number of thiophene rings is 1. The van der Waals surface area contributed by atoms with Crippen LogP contribution in [0, 0.1) is 5.92 Å². The Kier molecular flexibility index (Phi) is 8.26. The molecule has 1 atom stereocenters. The Morgan fingerprint density at radius 3 is 2.49 bits per heavy atom. The Hall–Kier alpha value is -2.67. The first-order chi connectivity index (χ1) is 16.9. The lowest BCUT2D eigenvalue weighted by Gasteiger charge is -2.25. The van der Waals surface area contributed by atoms with Crippen molar-refractivity contribution in [1.29, 1.82) is 0 Å². The molecule has 1 N–H and O–H groups in total. The zero-order valence-corrected chi connectivity index (χ0v) is 22.2. The third kappa shape index (κ3) is 5.77. The van der Waals surface area contributed by atoms with Gasteiger partial charge in [0.1, 0.15) is 11.9 Å². The van der Waals surface area contributed by atoms with Gasteiger partial charge < -0.3 is 14.8 Å². The fraction of sp³-hybridized carbons (Fsp3) is 0.536. The Bertz CT molecular complexity index is 1140. The smallest absolute Gasteiger partial charge is 0.252 e. The number of amides is 2. The van der Waals surface area contributed by atoms with Crippen molar-refractivity contribution in [2.24, 2.45) is 5.92 Å². The van der Waals surface area contributed by atoms with E-state index in [9.17, 15) is 9.59 Å². The maximum atomic E-state index is 13.3. The largest absolute Gasteiger partial charge is 0.341 e. The summed E-state index contributed by atoms with van der Waals surface area (Å²) in [5.74, 6) is 1.18. The molecule has 4 rings (SSSR count). The minimum absolute atomic E-state index is 0.0434. The van der Waals surface area contributed by atoms with Crippen LogP contribution in [0.1, 0.15) is 86.9 Å². The SMILES string of the molecule is CCC(CC)n1c(Cc2cccs2)nc2cc(C(=O)N[C@@H](CC(C)C)C(=O)N3CCCC3)ccc21. The number of benzene rings is 1. The van der Waals surface area contributed by atoms with E-state index in [1.807, 2.05) is 23.1 Å². The molecule has 2 aromatic heterocycles. The molecule has 1 saturated heterocycles. The molecule has 0 unspecified atom stereocenters. The molecule has 6 nitrogen and oxygen atoms in total. The monoisotopic (exact) mass is 494 g/mol. The fourth-order valence-electron chi connectivity index (χ4n) is 5.14. The highest BCUT2D eigenvalue weighted by Crippen LogP contribution is 2.28. The van der Waals surface area contributed by atoms with Crippen LogP contribution in [0.5, 0.6) is 0 Å². The van der Waals surface area contributed by atoms with Crippen molar-refractivity contribution < 1.29 is 9.59 Å². The van der Waals surface area contributed by atoms with Gasteiger partial charge in [-0.05, 0) is 67.7 Å². The van der Waals surface area contributed by atoms with Gasteiger partial charge in [-0.15, -0.1) is 11.3 Å². The van der Waals surface area contributed by atoms with E-state index in [2.05, 4.69) is 55.1 Å². The second-order valence-electron chi connectivity index (χ2n) is 10.0. The van der Waals surface area contributed by atoms with Gasteiger partial charge in [-0.25, -0.2) is 4.98 Å². The highest BCUT2D eigenvalue weighted by atomic mass is 32.1. The van der Waals surface area contributed by atoms with Gasteiger partial charge in [-0.3, -0.25) is 9.59 Å². The highest BCUT2D eigenvalue weighted by molar-refractivity contribution is 7.09. The minimum atomic E-state index is -0.493. The predicted molar refractivity (Wildman–Crippen MR) is 143 cm³/mol. The number of nitrogens with zero attached hydrogens (tertiary/aromatic N) is 3. The zero-order chi connectivity index (χ0) is 24.9. The first kappa shape index (κ1) is 25.4. The number of hydrogen-bond donors (Lipinski definition) is 1. The summed E-state index contributed by atoms with van der Waals surface area (Å²) in [7, 11) is 0. The zero-order valence-electron chi connectivity index (χ0n) is 21.4. The van der Waals surface area contributed by atoms with E-state index < -0.39 is 6.04 Å². The van der Waals surface area contributed by atoms with Gasteiger partial charge in [0.2, 0.25) is 5.91 Å². The summed E-state index contributed by atoms with van der Waals surface area (Å²) >= 11 is 1.74. The molecular weight excluding hydrogens is 456 g/mol. The van der Waals surface area contributed by atoms with E-state index in [0.29, 0.717) is 23.9 Å². The van der Waals surface area contributed by atoms with Crippen LogP contribution in [0.15, 0.2) is 35.7 Å². The van der Waals surface area contributed by atoms with Gasteiger partial charge in [0.25, 0.3) is 5.91 Å². The van der Waals surface area contributed by atoms with Crippen molar-refractivity contribution in [1.82, 2.24) is 19.8 Å². The molecule has 3 aromatic rings. The lowest BCUT2D eigenvalue weighted by atomic mass is 10.0. The van der Waals surface area contributed by atoms with Crippen molar-refractivity contribution in [2.75, 3.05) is 13.1 Å². The average Bonchev–Trinajstić information content (AvgIpc) is 3.61. The molecule has 35 heavy (non-hydrogen) atoms. The summed E-state index contributed by atoms with van der Waals surface area (Å²) in [4.78, 5) is 34.5. The molecule has 0 bridgehead atoms. The van der Waals surface area contributed by atoms with Gasteiger partial charge in [0, 0.05) is 36.0 Å². The molecule has 1 aliphatic heterocycles. The third-order valence-corrected chi connectivity index (χ3v) is 7.85. The van der Waals surface area contributed by atoms with E-state index >= 15 is 0 Å². The first-order valence-corrected chi connectivity index (χ1v) is 13.9. The summed E-state index contributed by atoms with van der Waals surface area (Å²) in [5.41, 5.74) is 2.45. The Labute approximate surface area is 212 Å². The number of likely N-dealkylation sites (tertiary alicyclic amines) is 1. The van der Waals surface area contributed by atoms with Gasteiger partial charge in [0.05, 0.1) is 11.0 Å². The third-order valence-electron chi connectivity index (χ3n) is 6.97. The van der Waals surface area contributed by atoms with E-state index in [1.54, 1.807) is 11.3 Å². The van der Waals surface area contributed by atoms with Crippen LogP contribution in [-0.2, 0) is 11.2 Å². The topological polar surface area (TPSA) is 67.2 Å². The van der Waals surface area contributed by atoms with E-state index in [0.717, 1.165) is 62.1 Å². The van der Waals surface area contributed by atoms with Crippen molar-refractivity contribution in [3.05, 3.63) is 52.0 Å². The van der Waals surface area contributed by atoms with Crippen LogP contribution in [0.25, 0.3) is 11.0 Å². The van der Waals surface area contributed by atoms with Crippen molar-refractivity contribution >= 4 is 34.2 Å². The lowest BCUT2D eigenvalue weighted by molar-refractivity contribution is -0.132. The van der Waals surface area contributed by atoms with Crippen LogP contribution in [0.2, 0.25) is 0 Å². The average molecular weight is 495 g/mol. The number of rotatable bonds is 10. The van der Waals surface area contributed by atoms with Crippen LogP contribution in [0.4, 0.5) is 0 Å². The molecule has 3 heterocycles. The molecule has 0 spiro atoms. The lowest BCUT2D eigenvalue weighted by Crippen LogP contribution is -2.48. The summed E-state index contributed by atoms with van der Waals surface area (Å²) in [6, 6.07) is 9.87. The number of hydrogen-bond acceptors (Lipinski definition) is 4. The molecule has 1 aromatic carbocycles. The number of fused-ring (bicyclic) bond motifs is 1. The number of aromatic nitrogens is 2. The standard InChI is InChI=1S/C28H38N4O2S/c1-5-21(6-2)32-25-12-11-20(17-23(25)29-26(32)18-22-10-9-15-35-22)27(33)30-24(16-19(3)4)28(34)31-13-7-8-14-31/h9-12,15,17,19,21,24H,5-8,13-14,16,18H2,1-4H3,(H,30,33)/t24-/m0/s1. The summed E-state index contributed by atoms with van der Waals surface area (Å²) in [5, 5.41) is 5.14. The minimum Gasteiger partial charge on any atom is -0.341 e. The highest BCUT2D eigenvalue weighted by Gasteiger charge is 2.29. The summed E-state index contributed by atoms with van der Waals surface area (Å²) < 4.78 is 2.36. The van der Waals surface area contributed by atoms with Gasteiger partial charge in [-0.1, -0.05) is 33.8 Å². The number of imidazole rings is 1. The van der Waals surface area contributed by atoms with Crippen molar-refractivity contribution in [3.8, 4) is 0 Å². The van der Waals surface area contributed by atoms with Crippen molar-refractivity contribution in [3.63, 3.8) is 0 Å². The maximum Gasteiger partial charge on any atom is 0.252 e. The van der Waals surface area contributed by atoms with Crippen LogP contribution >= 0.6 is 11.3 Å². The molecular formula is C28H38N4O2S. The molecule has 7 heteroatoms. The molecule has 2 amide bonds. The number of carbonyl (C=O) groups is 2. The van der Waals surface area contributed by atoms with E-state index in [4.69, 9.17) is 4.98 Å². The van der Waals surface area contributed by atoms with Gasteiger partial charge >= 0.3 is 0 Å². The van der Waals surface area contributed by atoms with E-state index in [1.165, 1.54) is 4.88 Å². The van der Waals surface area contributed by atoms with Gasteiger partial charge in [-0.2, -0.15) is 0 Å². The second-order valence-corrected chi connectivity index (χ2v) is 11.0. The van der Waals surface area contributed by atoms with Crippen molar-refractivity contribution in [2.45, 2.75) is 78.3 Å². The molecule has 0 saturated carbocycles.